The highest BCUT2D eigenvalue weighted by atomic mass is 16.1. The van der Waals surface area contributed by atoms with E-state index in [1.807, 2.05) is 61.5 Å². The molecule has 0 aliphatic rings. The molecule has 26 heavy (non-hydrogen) atoms. The van der Waals surface area contributed by atoms with Crippen molar-refractivity contribution in [2.24, 2.45) is 0 Å². The van der Waals surface area contributed by atoms with Crippen molar-refractivity contribution in [1.82, 2.24) is 15.5 Å². The zero-order chi connectivity index (χ0) is 18.4. The maximum atomic E-state index is 12.5. The number of carbonyl (C=O) groups excluding carboxylic acids is 1. The van der Waals surface area contributed by atoms with E-state index in [9.17, 15) is 4.79 Å². The smallest absolute Gasteiger partial charge is 0.251 e. The zero-order valence-corrected chi connectivity index (χ0v) is 14.7. The van der Waals surface area contributed by atoms with Gasteiger partial charge in [-0.1, -0.05) is 49.1 Å². The van der Waals surface area contributed by atoms with Gasteiger partial charge in [-0.25, -0.2) is 0 Å². The summed E-state index contributed by atoms with van der Waals surface area (Å²) < 4.78 is 0. The van der Waals surface area contributed by atoms with Gasteiger partial charge >= 0.3 is 0 Å². The molecular weight excluding hydrogens is 322 g/mol. The van der Waals surface area contributed by atoms with E-state index in [-0.39, 0.29) is 5.91 Å². The van der Waals surface area contributed by atoms with Crippen LogP contribution < -0.4 is 5.32 Å². The number of amides is 1. The second kappa shape index (κ2) is 8.12. The Kier molecular flexibility index (Phi) is 5.44. The molecule has 0 saturated carbocycles. The van der Waals surface area contributed by atoms with Gasteiger partial charge in [0.15, 0.2) is 0 Å². The van der Waals surface area contributed by atoms with Gasteiger partial charge in [0.25, 0.3) is 5.91 Å². The van der Waals surface area contributed by atoms with Crippen LogP contribution in [-0.2, 0) is 0 Å². The highest BCUT2D eigenvalue weighted by Gasteiger charge is 2.08. The second-order valence-corrected chi connectivity index (χ2v) is 5.91. The van der Waals surface area contributed by atoms with Crippen molar-refractivity contribution in [3.63, 3.8) is 0 Å². The monoisotopic (exact) mass is 343 g/mol. The van der Waals surface area contributed by atoms with Crippen molar-refractivity contribution >= 4 is 16.8 Å². The Morgan fingerprint density at radius 3 is 2.88 bits per heavy atom. The summed E-state index contributed by atoms with van der Waals surface area (Å²) in [7, 11) is 0. The number of H-pyrrole nitrogens is 1. The van der Waals surface area contributed by atoms with Crippen LogP contribution in [0, 0.1) is 0 Å². The fourth-order valence-corrected chi connectivity index (χ4v) is 2.79. The quantitative estimate of drug-likeness (QED) is 0.640. The average molecular weight is 343 g/mol. The topological polar surface area (TPSA) is 57.8 Å². The zero-order valence-electron chi connectivity index (χ0n) is 14.7. The van der Waals surface area contributed by atoms with Crippen LogP contribution in [0.5, 0.6) is 0 Å². The van der Waals surface area contributed by atoms with E-state index in [2.05, 4.69) is 28.2 Å². The summed E-state index contributed by atoms with van der Waals surface area (Å²) in [5.74, 6) is -0.101. The second-order valence-electron chi connectivity index (χ2n) is 5.91. The molecule has 0 radical (unpaired) electrons. The number of aromatic nitrogens is 2. The fourth-order valence-electron chi connectivity index (χ4n) is 2.79. The van der Waals surface area contributed by atoms with Gasteiger partial charge in [-0.2, -0.15) is 5.10 Å². The number of hydrogen-bond donors (Lipinski definition) is 2. The van der Waals surface area contributed by atoms with Crippen LogP contribution in [0.2, 0.25) is 0 Å². The Bertz CT molecular complexity index is 995. The molecule has 2 aromatic carbocycles. The van der Waals surface area contributed by atoms with Gasteiger partial charge in [0.1, 0.15) is 0 Å². The molecule has 0 saturated heterocycles. The van der Waals surface area contributed by atoms with Crippen LogP contribution in [0.4, 0.5) is 0 Å². The van der Waals surface area contributed by atoms with Crippen LogP contribution >= 0.6 is 0 Å². The average Bonchev–Trinajstić information content (AvgIpc) is 3.14. The first-order chi connectivity index (χ1) is 12.7. The number of rotatable bonds is 6. The molecule has 0 aliphatic heterocycles. The van der Waals surface area contributed by atoms with E-state index in [0.29, 0.717) is 12.1 Å². The van der Waals surface area contributed by atoms with Crippen molar-refractivity contribution in [2.75, 3.05) is 6.54 Å². The van der Waals surface area contributed by atoms with Crippen LogP contribution in [-0.4, -0.2) is 22.6 Å². The summed E-state index contributed by atoms with van der Waals surface area (Å²) in [6.45, 7) is 6.10. The molecule has 0 aliphatic carbocycles. The number of nitrogens with zero attached hydrogens (tertiary/aromatic N) is 1. The Morgan fingerprint density at radius 1 is 1.23 bits per heavy atom. The lowest BCUT2D eigenvalue weighted by Gasteiger charge is -2.08. The first-order valence-corrected chi connectivity index (χ1v) is 8.47. The minimum absolute atomic E-state index is 0.101. The molecule has 0 fully saturated rings. The van der Waals surface area contributed by atoms with Crippen molar-refractivity contribution in [3.05, 3.63) is 90.7 Å². The maximum absolute atomic E-state index is 12.5. The lowest BCUT2D eigenvalue weighted by Crippen LogP contribution is -2.25. The maximum Gasteiger partial charge on any atom is 0.251 e. The number of aromatic amines is 1. The SMILES string of the molecule is C=C/C=C(\C=C/C)CNC(=O)c1cccc(-c2ccc3[nH]ncc3c2)c1. The molecule has 4 nitrogen and oxygen atoms in total. The van der Waals surface area contributed by atoms with Crippen molar-refractivity contribution in [3.8, 4) is 11.1 Å². The number of carbonyl (C=O) groups is 1. The van der Waals surface area contributed by atoms with Gasteiger partial charge in [-0.05, 0) is 47.9 Å². The molecule has 1 amide bonds. The van der Waals surface area contributed by atoms with Gasteiger partial charge in [-0.15, -0.1) is 0 Å². The number of nitrogens with one attached hydrogen (secondary N) is 2. The fraction of sp³-hybridized carbons (Fsp3) is 0.0909. The van der Waals surface area contributed by atoms with Crippen molar-refractivity contribution in [1.29, 1.82) is 0 Å². The Hall–Kier alpha value is -3.40. The normalized spacial score (nSPS) is 11.8. The lowest BCUT2D eigenvalue weighted by molar-refractivity contribution is 0.0957. The minimum Gasteiger partial charge on any atom is -0.348 e. The molecule has 0 atom stereocenters. The highest BCUT2D eigenvalue weighted by Crippen LogP contribution is 2.24. The van der Waals surface area contributed by atoms with E-state index >= 15 is 0 Å². The van der Waals surface area contributed by atoms with Gasteiger partial charge in [0.2, 0.25) is 0 Å². The van der Waals surface area contributed by atoms with Crippen LogP contribution in [0.1, 0.15) is 17.3 Å². The molecule has 1 heterocycles. The van der Waals surface area contributed by atoms with E-state index in [1.165, 1.54) is 0 Å². The molecule has 130 valence electrons. The summed E-state index contributed by atoms with van der Waals surface area (Å²) in [6, 6.07) is 13.7. The third-order valence-corrected chi connectivity index (χ3v) is 4.06. The van der Waals surface area contributed by atoms with Crippen LogP contribution in [0.3, 0.4) is 0 Å². The highest BCUT2D eigenvalue weighted by molar-refractivity contribution is 5.96. The van der Waals surface area contributed by atoms with Crippen LogP contribution in [0.25, 0.3) is 22.0 Å². The summed E-state index contributed by atoms with van der Waals surface area (Å²) in [5.41, 5.74) is 4.67. The minimum atomic E-state index is -0.101. The van der Waals surface area contributed by atoms with E-state index in [1.54, 1.807) is 12.3 Å². The lowest BCUT2D eigenvalue weighted by atomic mass is 10.0. The summed E-state index contributed by atoms with van der Waals surface area (Å²) in [4.78, 5) is 12.5. The molecule has 3 rings (SSSR count). The summed E-state index contributed by atoms with van der Waals surface area (Å²) >= 11 is 0. The van der Waals surface area contributed by atoms with Crippen molar-refractivity contribution in [2.45, 2.75) is 6.92 Å². The third-order valence-electron chi connectivity index (χ3n) is 4.06. The standard InChI is InChI=1S/C22H21N3O/c1-3-6-16(7-4-2)14-23-22(26)19-9-5-8-17(12-19)18-10-11-21-20(13-18)15-24-25-21/h3-13,15H,1,14H2,2H3,(H,23,26)(H,24,25)/b7-4-,16-6+. The molecule has 0 spiro atoms. The van der Waals surface area contributed by atoms with E-state index in [0.717, 1.165) is 27.6 Å². The molecule has 0 unspecified atom stereocenters. The molecule has 0 bridgehead atoms. The predicted molar refractivity (Wildman–Crippen MR) is 107 cm³/mol. The molecule has 1 aromatic heterocycles. The van der Waals surface area contributed by atoms with Crippen LogP contribution in [0.15, 0.2) is 85.1 Å². The van der Waals surface area contributed by atoms with Gasteiger partial charge in [0.05, 0.1) is 11.7 Å². The van der Waals surface area contributed by atoms with Crippen molar-refractivity contribution < 1.29 is 4.79 Å². The Morgan fingerprint density at radius 2 is 2.08 bits per heavy atom. The Balaban J connectivity index is 1.79. The Labute approximate surface area is 152 Å². The van der Waals surface area contributed by atoms with Gasteiger partial charge < -0.3 is 5.32 Å². The van der Waals surface area contributed by atoms with E-state index < -0.39 is 0 Å². The molecule has 2 N–H and O–H groups in total. The number of fused-ring (bicyclic) bond motifs is 1. The largest absolute Gasteiger partial charge is 0.348 e. The number of allylic oxidation sites excluding steroid dienone is 3. The third kappa shape index (κ3) is 3.98. The summed E-state index contributed by atoms with van der Waals surface area (Å²) in [6.07, 6.45) is 9.29. The predicted octanol–water partition coefficient (Wildman–Crippen LogP) is 4.65. The van der Waals surface area contributed by atoms with Gasteiger partial charge in [-0.3, -0.25) is 9.89 Å². The van der Waals surface area contributed by atoms with Gasteiger partial charge in [0, 0.05) is 17.5 Å². The first kappa shape index (κ1) is 17.4. The number of hydrogen-bond acceptors (Lipinski definition) is 2. The van der Waals surface area contributed by atoms with E-state index in [4.69, 9.17) is 0 Å². The molecule has 4 heteroatoms. The first-order valence-electron chi connectivity index (χ1n) is 8.47. The number of benzene rings is 2. The molecule has 3 aromatic rings. The molecular formula is C22H21N3O. The summed E-state index contributed by atoms with van der Waals surface area (Å²) in [5, 5.41) is 11.0.